The van der Waals surface area contributed by atoms with E-state index in [2.05, 4.69) is 53.9 Å². The van der Waals surface area contributed by atoms with Crippen LogP contribution in [-0.2, 0) is 11.4 Å². The van der Waals surface area contributed by atoms with Gasteiger partial charge in [0.25, 0.3) is 0 Å². The molecule has 0 fully saturated rings. The second-order valence-electron chi connectivity index (χ2n) is 7.62. The zero-order chi connectivity index (χ0) is 21.8. The Morgan fingerprint density at radius 3 is 2.39 bits per heavy atom. The maximum absolute atomic E-state index is 6.57. The molecule has 4 heteroatoms. The van der Waals surface area contributed by atoms with Crippen LogP contribution in [0.15, 0.2) is 90.1 Å². The topological polar surface area (TPSA) is 26.5 Å². The number of aromatic nitrogens is 1. The summed E-state index contributed by atoms with van der Waals surface area (Å²) in [6.07, 6.45) is 0. The molecule has 0 aliphatic rings. The second kappa shape index (κ2) is 9.23. The summed E-state index contributed by atoms with van der Waals surface area (Å²) < 4.78 is 2.19. The van der Waals surface area contributed by atoms with Crippen molar-refractivity contribution >= 4 is 17.3 Å². The summed E-state index contributed by atoms with van der Waals surface area (Å²) in [4.78, 5) is 5.68. The highest BCUT2D eigenvalue weighted by Crippen LogP contribution is 2.32. The third kappa shape index (κ3) is 4.57. The van der Waals surface area contributed by atoms with E-state index in [1.165, 1.54) is 5.56 Å². The fourth-order valence-electron chi connectivity index (χ4n) is 3.79. The minimum absolute atomic E-state index is 0.439. The minimum atomic E-state index is 0.439. The second-order valence-corrected chi connectivity index (χ2v) is 8.03. The van der Waals surface area contributed by atoms with Gasteiger partial charge in [0.05, 0.1) is 22.1 Å². The van der Waals surface area contributed by atoms with E-state index < -0.39 is 0 Å². The van der Waals surface area contributed by atoms with Gasteiger partial charge in [0.2, 0.25) is 0 Å². The lowest BCUT2D eigenvalue weighted by atomic mass is 10.1. The zero-order valence-electron chi connectivity index (χ0n) is 18.0. The molecule has 0 radical (unpaired) electrons. The Morgan fingerprint density at radius 2 is 1.65 bits per heavy atom. The van der Waals surface area contributed by atoms with Gasteiger partial charge in [0.1, 0.15) is 6.61 Å². The highest BCUT2D eigenvalue weighted by Gasteiger charge is 2.18. The van der Waals surface area contributed by atoms with Gasteiger partial charge in [-0.05, 0) is 50.1 Å². The van der Waals surface area contributed by atoms with Gasteiger partial charge in [-0.2, -0.15) is 0 Å². The number of benzene rings is 3. The molecule has 1 aromatic heterocycles. The molecular formula is C27H25ClN2O. The Morgan fingerprint density at radius 1 is 0.903 bits per heavy atom. The average molecular weight is 429 g/mol. The summed E-state index contributed by atoms with van der Waals surface area (Å²) >= 11 is 6.57. The summed E-state index contributed by atoms with van der Waals surface area (Å²) in [5.74, 6) is 0. The molecule has 3 aromatic carbocycles. The molecule has 0 unspecified atom stereocenters. The predicted octanol–water partition coefficient (Wildman–Crippen LogP) is 7.36. The summed E-state index contributed by atoms with van der Waals surface area (Å²) in [7, 11) is 0. The van der Waals surface area contributed by atoms with E-state index in [9.17, 15) is 0 Å². The summed E-state index contributed by atoms with van der Waals surface area (Å²) in [5.41, 5.74) is 8.36. The first-order valence-electron chi connectivity index (χ1n) is 10.3. The first kappa shape index (κ1) is 21.0. The number of hydrogen-bond acceptors (Lipinski definition) is 2. The van der Waals surface area contributed by atoms with Crippen LogP contribution in [0.3, 0.4) is 0 Å². The molecule has 0 atom stereocenters. The van der Waals surface area contributed by atoms with Crippen molar-refractivity contribution in [1.29, 1.82) is 0 Å². The van der Waals surface area contributed by atoms with E-state index in [4.69, 9.17) is 16.4 Å². The van der Waals surface area contributed by atoms with Crippen molar-refractivity contribution in [3.63, 3.8) is 0 Å². The SMILES string of the molecule is C/C(=N/OCc1cccc(C)c1)c1cc(-c2ccccc2)n(-c2ccccc2Cl)c1C. The van der Waals surface area contributed by atoms with Crippen LogP contribution in [0.25, 0.3) is 16.9 Å². The van der Waals surface area contributed by atoms with Crippen molar-refractivity contribution in [2.24, 2.45) is 5.16 Å². The number of nitrogens with zero attached hydrogens (tertiary/aromatic N) is 2. The highest BCUT2D eigenvalue weighted by atomic mass is 35.5. The third-order valence-corrected chi connectivity index (χ3v) is 5.63. The zero-order valence-corrected chi connectivity index (χ0v) is 18.7. The number of para-hydroxylation sites is 1. The molecule has 0 amide bonds. The van der Waals surface area contributed by atoms with Crippen molar-refractivity contribution in [1.82, 2.24) is 4.57 Å². The van der Waals surface area contributed by atoms with Crippen LogP contribution in [-0.4, -0.2) is 10.3 Å². The van der Waals surface area contributed by atoms with Crippen LogP contribution in [0.1, 0.15) is 29.3 Å². The Kier molecular flexibility index (Phi) is 6.24. The Hall–Kier alpha value is -3.30. The molecular weight excluding hydrogens is 404 g/mol. The number of halogens is 1. The summed E-state index contributed by atoms with van der Waals surface area (Å²) in [6.45, 7) is 6.58. The van der Waals surface area contributed by atoms with Gasteiger partial charge in [-0.3, -0.25) is 0 Å². The van der Waals surface area contributed by atoms with Gasteiger partial charge in [0, 0.05) is 11.3 Å². The number of oxime groups is 1. The van der Waals surface area contributed by atoms with Gasteiger partial charge >= 0.3 is 0 Å². The summed E-state index contributed by atoms with van der Waals surface area (Å²) in [5, 5.41) is 5.12. The smallest absolute Gasteiger partial charge is 0.142 e. The fraction of sp³-hybridized carbons (Fsp3) is 0.148. The molecule has 31 heavy (non-hydrogen) atoms. The molecule has 1 heterocycles. The number of hydrogen-bond donors (Lipinski definition) is 0. The Labute approximate surface area is 188 Å². The first-order valence-corrected chi connectivity index (χ1v) is 10.7. The van der Waals surface area contributed by atoms with Crippen molar-refractivity contribution in [3.05, 3.63) is 112 Å². The van der Waals surface area contributed by atoms with Gasteiger partial charge in [-0.25, -0.2) is 0 Å². The molecule has 0 saturated carbocycles. The van der Waals surface area contributed by atoms with Crippen LogP contribution in [0, 0.1) is 13.8 Å². The Bertz CT molecular complexity index is 1230. The summed E-state index contributed by atoms with van der Waals surface area (Å²) in [6, 6.07) is 28.6. The van der Waals surface area contributed by atoms with Crippen LogP contribution in [0.5, 0.6) is 0 Å². The van der Waals surface area contributed by atoms with E-state index >= 15 is 0 Å². The van der Waals surface area contributed by atoms with Crippen molar-refractivity contribution < 1.29 is 4.84 Å². The highest BCUT2D eigenvalue weighted by molar-refractivity contribution is 6.32. The monoisotopic (exact) mass is 428 g/mol. The van der Waals surface area contributed by atoms with E-state index in [1.54, 1.807) is 0 Å². The van der Waals surface area contributed by atoms with Gasteiger partial charge in [-0.15, -0.1) is 0 Å². The predicted molar refractivity (Wildman–Crippen MR) is 129 cm³/mol. The largest absolute Gasteiger partial charge is 0.391 e. The average Bonchev–Trinajstić information content (AvgIpc) is 3.12. The number of aryl methyl sites for hydroxylation is 1. The number of rotatable bonds is 6. The molecule has 156 valence electrons. The normalized spacial score (nSPS) is 11.5. The quantitative estimate of drug-likeness (QED) is 0.233. The minimum Gasteiger partial charge on any atom is -0.391 e. The molecule has 4 aromatic rings. The molecule has 0 N–H and O–H groups in total. The van der Waals surface area contributed by atoms with Crippen LogP contribution >= 0.6 is 11.6 Å². The molecule has 0 spiro atoms. The van der Waals surface area contributed by atoms with Gasteiger partial charge in [-0.1, -0.05) is 89.1 Å². The molecule has 0 bridgehead atoms. The fourth-order valence-corrected chi connectivity index (χ4v) is 4.01. The molecule has 3 nitrogen and oxygen atoms in total. The molecule has 4 rings (SSSR count). The van der Waals surface area contributed by atoms with Crippen molar-refractivity contribution in [2.45, 2.75) is 27.4 Å². The third-order valence-electron chi connectivity index (χ3n) is 5.32. The van der Waals surface area contributed by atoms with E-state index in [1.807, 2.05) is 61.5 Å². The van der Waals surface area contributed by atoms with Crippen LogP contribution in [0.4, 0.5) is 0 Å². The van der Waals surface area contributed by atoms with E-state index in [0.717, 1.165) is 39.5 Å². The Balaban J connectivity index is 1.72. The molecule has 0 saturated heterocycles. The van der Waals surface area contributed by atoms with Crippen molar-refractivity contribution in [3.8, 4) is 16.9 Å². The standard InChI is InChI=1S/C27H25ClN2O/c1-19-10-9-11-22(16-19)18-31-29-20(2)24-17-27(23-12-5-4-6-13-23)30(21(24)3)26-15-8-7-14-25(26)28/h4-17H,18H2,1-3H3/b29-20-. The van der Waals surface area contributed by atoms with Crippen molar-refractivity contribution in [2.75, 3.05) is 0 Å². The van der Waals surface area contributed by atoms with E-state index in [0.29, 0.717) is 11.6 Å². The molecule has 0 aliphatic carbocycles. The first-order chi connectivity index (χ1) is 15.0. The van der Waals surface area contributed by atoms with Gasteiger partial charge in [0.15, 0.2) is 0 Å². The lowest BCUT2D eigenvalue weighted by molar-refractivity contribution is 0.130. The molecule has 0 aliphatic heterocycles. The van der Waals surface area contributed by atoms with Gasteiger partial charge < -0.3 is 9.40 Å². The maximum Gasteiger partial charge on any atom is 0.142 e. The maximum atomic E-state index is 6.57. The van der Waals surface area contributed by atoms with Crippen LogP contribution < -0.4 is 0 Å². The lowest BCUT2D eigenvalue weighted by Gasteiger charge is -2.14. The lowest BCUT2D eigenvalue weighted by Crippen LogP contribution is -2.03. The van der Waals surface area contributed by atoms with Crippen LogP contribution in [0.2, 0.25) is 5.02 Å². The van der Waals surface area contributed by atoms with E-state index in [-0.39, 0.29) is 0 Å².